The van der Waals surface area contributed by atoms with Crippen molar-refractivity contribution in [2.24, 2.45) is 0 Å². The van der Waals surface area contributed by atoms with Crippen molar-refractivity contribution in [2.45, 2.75) is 39.3 Å². The zero-order valence-corrected chi connectivity index (χ0v) is 16.9. The van der Waals surface area contributed by atoms with Crippen LogP contribution >= 0.6 is 11.3 Å². The molecule has 0 aliphatic heterocycles. The number of hydrogen-bond donors (Lipinski definition) is 2. The number of thiazole rings is 1. The first kappa shape index (κ1) is 19.3. The van der Waals surface area contributed by atoms with Gasteiger partial charge in [-0.25, -0.2) is 4.98 Å². The molecule has 0 unspecified atom stereocenters. The second kappa shape index (κ2) is 8.02. The summed E-state index contributed by atoms with van der Waals surface area (Å²) in [6, 6.07) is 11.9. The van der Waals surface area contributed by atoms with Crippen LogP contribution in [0.1, 0.15) is 48.2 Å². The number of nitrogens with one attached hydrogen (secondary N) is 2. The number of rotatable bonds is 6. The monoisotopic (exact) mass is 383 g/mol. The maximum absolute atomic E-state index is 12.9. The third kappa shape index (κ3) is 4.81. The lowest BCUT2D eigenvalue weighted by Crippen LogP contribution is -2.18. The smallest absolute Gasteiger partial charge is 0.275 e. The molecule has 0 saturated heterocycles. The van der Waals surface area contributed by atoms with Crippen LogP contribution in [0.15, 0.2) is 41.8 Å². The molecule has 2 heterocycles. The Bertz CT molecular complexity index is 908. The predicted octanol–water partition coefficient (Wildman–Crippen LogP) is 3.66. The van der Waals surface area contributed by atoms with Gasteiger partial charge in [0.15, 0.2) is 5.13 Å². The standard InChI is InChI=1S/C20H25N5OS/c1-20(2,3)17-10-16(25(24-17)12-14-8-6-5-7-9-14)18(26)23-19-22-15(11-21-4)13-27-19/h5-10,13,21H,11-12H2,1-4H3,(H,22,23,26). The van der Waals surface area contributed by atoms with Gasteiger partial charge in [0.2, 0.25) is 0 Å². The number of benzene rings is 1. The first-order valence-corrected chi connectivity index (χ1v) is 9.77. The molecule has 0 aliphatic rings. The van der Waals surface area contributed by atoms with Gasteiger partial charge in [0.25, 0.3) is 5.91 Å². The second-order valence-corrected chi connectivity index (χ2v) is 8.29. The molecular formula is C20H25N5OS. The molecule has 0 bridgehead atoms. The van der Waals surface area contributed by atoms with Gasteiger partial charge in [-0.1, -0.05) is 51.1 Å². The molecule has 1 aromatic carbocycles. The van der Waals surface area contributed by atoms with Gasteiger partial charge in [0, 0.05) is 17.3 Å². The minimum absolute atomic E-state index is 0.141. The van der Waals surface area contributed by atoms with E-state index in [1.54, 1.807) is 4.68 Å². The SMILES string of the molecule is CNCc1csc(NC(=O)c2cc(C(C)(C)C)nn2Cc2ccccc2)n1. The molecule has 0 aliphatic carbocycles. The number of nitrogens with zero attached hydrogens (tertiary/aromatic N) is 3. The molecule has 7 heteroatoms. The van der Waals surface area contributed by atoms with E-state index >= 15 is 0 Å². The van der Waals surface area contributed by atoms with Crippen LogP contribution in [-0.4, -0.2) is 27.7 Å². The fourth-order valence-electron chi connectivity index (χ4n) is 2.63. The van der Waals surface area contributed by atoms with Crippen LogP contribution in [0.25, 0.3) is 0 Å². The van der Waals surface area contributed by atoms with E-state index in [1.807, 2.05) is 48.8 Å². The Balaban J connectivity index is 1.87. The summed E-state index contributed by atoms with van der Waals surface area (Å²) >= 11 is 1.42. The maximum atomic E-state index is 12.9. The zero-order chi connectivity index (χ0) is 19.4. The lowest BCUT2D eigenvalue weighted by Gasteiger charge is -2.14. The summed E-state index contributed by atoms with van der Waals surface area (Å²) < 4.78 is 1.77. The van der Waals surface area contributed by atoms with Crippen molar-refractivity contribution in [1.29, 1.82) is 0 Å². The topological polar surface area (TPSA) is 71.8 Å². The Morgan fingerprint density at radius 2 is 1.96 bits per heavy atom. The van der Waals surface area contributed by atoms with Gasteiger partial charge in [-0.05, 0) is 18.7 Å². The average Bonchev–Trinajstić information content (AvgIpc) is 3.23. The summed E-state index contributed by atoms with van der Waals surface area (Å²) in [5.74, 6) is -0.195. The van der Waals surface area contributed by atoms with Crippen molar-refractivity contribution < 1.29 is 4.79 Å². The highest BCUT2D eigenvalue weighted by molar-refractivity contribution is 7.13. The zero-order valence-electron chi connectivity index (χ0n) is 16.1. The third-order valence-corrected chi connectivity index (χ3v) is 4.89. The highest BCUT2D eigenvalue weighted by atomic mass is 32.1. The minimum atomic E-state index is -0.195. The van der Waals surface area contributed by atoms with Gasteiger partial charge in [-0.3, -0.25) is 14.8 Å². The molecule has 27 heavy (non-hydrogen) atoms. The van der Waals surface area contributed by atoms with Crippen LogP contribution in [0, 0.1) is 0 Å². The first-order chi connectivity index (χ1) is 12.9. The van der Waals surface area contributed by atoms with E-state index in [2.05, 4.69) is 36.4 Å². The molecule has 0 fully saturated rings. The van der Waals surface area contributed by atoms with E-state index in [-0.39, 0.29) is 11.3 Å². The number of aromatic nitrogens is 3. The highest BCUT2D eigenvalue weighted by Crippen LogP contribution is 2.23. The Labute approximate surface area is 163 Å². The largest absolute Gasteiger partial charge is 0.314 e. The summed E-state index contributed by atoms with van der Waals surface area (Å²) in [7, 11) is 1.87. The number of carbonyl (C=O) groups excluding carboxylic acids is 1. The quantitative estimate of drug-likeness (QED) is 0.681. The number of anilines is 1. The number of hydrogen-bond acceptors (Lipinski definition) is 5. The molecule has 6 nitrogen and oxygen atoms in total. The molecule has 3 rings (SSSR count). The highest BCUT2D eigenvalue weighted by Gasteiger charge is 2.23. The van der Waals surface area contributed by atoms with Crippen LogP contribution in [0.4, 0.5) is 5.13 Å². The molecular weight excluding hydrogens is 358 g/mol. The van der Waals surface area contributed by atoms with Gasteiger partial charge < -0.3 is 5.32 Å². The van der Waals surface area contributed by atoms with Crippen LogP contribution in [0.2, 0.25) is 0 Å². The van der Waals surface area contributed by atoms with Gasteiger partial charge in [0.1, 0.15) is 5.69 Å². The number of carbonyl (C=O) groups is 1. The molecule has 0 atom stereocenters. The van der Waals surface area contributed by atoms with Crippen LogP contribution in [-0.2, 0) is 18.5 Å². The summed E-state index contributed by atoms with van der Waals surface area (Å²) in [6.45, 7) is 7.49. The fourth-order valence-corrected chi connectivity index (χ4v) is 3.34. The summed E-state index contributed by atoms with van der Waals surface area (Å²) in [4.78, 5) is 17.3. The minimum Gasteiger partial charge on any atom is -0.314 e. The van der Waals surface area contributed by atoms with E-state index in [0.29, 0.717) is 23.9 Å². The van der Waals surface area contributed by atoms with Crippen molar-refractivity contribution in [2.75, 3.05) is 12.4 Å². The van der Waals surface area contributed by atoms with E-state index in [4.69, 9.17) is 5.10 Å². The maximum Gasteiger partial charge on any atom is 0.275 e. The van der Waals surface area contributed by atoms with Gasteiger partial charge in [-0.15, -0.1) is 11.3 Å². The molecule has 3 aromatic rings. The van der Waals surface area contributed by atoms with Gasteiger partial charge in [0.05, 0.1) is 17.9 Å². The lowest BCUT2D eigenvalue weighted by atomic mass is 9.92. The Morgan fingerprint density at radius 1 is 1.22 bits per heavy atom. The summed E-state index contributed by atoms with van der Waals surface area (Å²) in [5.41, 5.74) is 3.29. The second-order valence-electron chi connectivity index (χ2n) is 7.44. The normalized spacial score (nSPS) is 11.6. The van der Waals surface area contributed by atoms with Crippen LogP contribution < -0.4 is 10.6 Å². The first-order valence-electron chi connectivity index (χ1n) is 8.89. The molecule has 1 amide bonds. The van der Waals surface area contributed by atoms with Gasteiger partial charge in [-0.2, -0.15) is 5.10 Å². The van der Waals surface area contributed by atoms with Crippen molar-refractivity contribution >= 4 is 22.4 Å². The van der Waals surface area contributed by atoms with Gasteiger partial charge >= 0.3 is 0 Å². The van der Waals surface area contributed by atoms with Crippen molar-refractivity contribution in [3.05, 3.63) is 64.4 Å². The Morgan fingerprint density at radius 3 is 2.63 bits per heavy atom. The Kier molecular flexibility index (Phi) is 5.72. The van der Waals surface area contributed by atoms with E-state index < -0.39 is 0 Å². The predicted molar refractivity (Wildman–Crippen MR) is 109 cm³/mol. The third-order valence-electron chi connectivity index (χ3n) is 4.09. The van der Waals surface area contributed by atoms with Crippen molar-refractivity contribution in [3.8, 4) is 0 Å². The summed E-state index contributed by atoms with van der Waals surface area (Å²) in [5, 5.41) is 13.2. The molecule has 0 saturated carbocycles. The Hall–Kier alpha value is -2.51. The fraction of sp³-hybridized carbons (Fsp3) is 0.350. The van der Waals surface area contributed by atoms with Crippen molar-refractivity contribution in [1.82, 2.24) is 20.1 Å². The summed E-state index contributed by atoms with van der Waals surface area (Å²) in [6.07, 6.45) is 0. The number of amides is 1. The molecule has 0 spiro atoms. The van der Waals surface area contributed by atoms with Crippen LogP contribution in [0.3, 0.4) is 0 Å². The average molecular weight is 384 g/mol. The molecule has 2 aromatic heterocycles. The van der Waals surface area contributed by atoms with Crippen LogP contribution in [0.5, 0.6) is 0 Å². The molecule has 0 radical (unpaired) electrons. The van der Waals surface area contributed by atoms with Crippen molar-refractivity contribution in [3.63, 3.8) is 0 Å². The molecule has 2 N–H and O–H groups in total. The van der Waals surface area contributed by atoms with E-state index in [0.717, 1.165) is 17.0 Å². The molecule has 142 valence electrons. The lowest BCUT2D eigenvalue weighted by molar-refractivity contribution is 0.101. The van der Waals surface area contributed by atoms with E-state index in [1.165, 1.54) is 11.3 Å². The van der Waals surface area contributed by atoms with E-state index in [9.17, 15) is 4.79 Å².